The lowest BCUT2D eigenvalue weighted by Gasteiger charge is -2.31. The summed E-state index contributed by atoms with van der Waals surface area (Å²) in [5, 5.41) is 7.72. The fourth-order valence-electron chi connectivity index (χ4n) is 2.04. The monoisotopic (exact) mass is 295 g/mol. The predicted octanol–water partition coefficient (Wildman–Crippen LogP) is -0.838. The van der Waals surface area contributed by atoms with E-state index in [9.17, 15) is 9.59 Å². The number of carbonyl (C=O) groups is 2. The standard InChI is InChI=1S/C13H21N5O3/c1-8(19)18-4-2-9(3-5-18)21-12(16)6-11(15)10(7-14)13(17)20/h6-7,9,16H,2-5,14-15H2,1H3,(H2,17,20)/b10-7-,11-6-,16-12?. The number of nitrogens with two attached hydrogens (primary N) is 3. The van der Waals surface area contributed by atoms with E-state index in [4.69, 9.17) is 27.3 Å². The van der Waals surface area contributed by atoms with E-state index in [-0.39, 0.29) is 29.2 Å². The third-order valence-corrected chi connectivity index (χ3v) is 3.21. The van der Waals surface area contributed by atoms with Gasteiger partial charge in [-0.25, -0.2) is 0 Å². The van der Waals surface area contributed by atoms with Crippen LogP contribution < -0.4 is 17.2 Å². The van der Waals surface area contributed by atoms with Crippen LogP contribution in [0.1, 0.15) is 19.8 Å². The largest absolute Gasteiger partial charge is 0.475 e. The third-order valence-electron chi connectivity index (χ3n) is 3.21. The fourth-order valence-corrected chi connectivity index (χ4v) is 2.04. The van der Waals surface area contributed by atoms with Crippen molar-refractivity contribution in [2.24, 2.45) is 17.2 Å². The highest BCUT2D eigenvalue weighted by atomic mass is 16.5. The van der Waals surface area contributed by atoms with Crippen molar-refractivity contribution >= 4 is 17.7 Å². The average Bonchev–Trinajstić information content (AvgIpc) is 2.39. The molecule has 116 valence electrons. The summed E-state index contributed by atoms with van der Waals surface area (Å²) in [5.74, 6) is -0.907. The van der Waals surface area contributed by atoms with Crippen LogP contribution in [0.4, 0.5) is 0 Å². The van der Waals surface area contributed by atoms with Crippen LogP contribution in [0.15, 0.2) is 23.5 Å². The van der Waals surface area contributed by atoms with Gasteiger partial charge in [-0.05, 0) is 0 Å². The highest BCUT2D eigenvalue weighted by Crippen LogP contribution is 2.14. The number of piperidine rings is 1. The number of ether oxygens (including phenoxy) is 1. The second-order valence-electron chi connectivity index (χ2n) is 4.73. The summed E-state index contributed by atoms with van der Waals surface area (Å²) in [6, 6.07) is 0. The van der Waals surface area contributed by atoms with E-state index in [0.717, 1.165) is 6.20 Å². The number of hydrogen-bond acceptors (Lipinski definition) is 6. The second kappa shape index (κ2) is 7.32. The van der Waals surface area contributed by atoms with Gasteiger partial charge in [-0.3, -0.25) is 15.0 Å². The highest BCUT2D eigenvalue weighted by molar-refractivity contribution is 5.98. The summed E-state index contributed by atoms with van der Waals surface area (Å²) in [6.07, 6.45) is 3.32. The Hall–Kier alpha value is -2.51. The second-order valence-corrected chi connectivity index (χ2v) is 4.73. The number of rotatable bonds is 4. The lowest BCUT2D eigenvalue weighted by atomic mass is 10.1. The number of primary amides is 1. The van der Waals surface area contributed by atoms with Crippen LogP contribution in [-0.4, -0.2) is 41.8 Å². The molecule has 8 nitrogen and oxygen atoms in total. The molecule has 1 aliphatic heterocycles. The maximum absolute atomic E-state index is 11.2. The minimum absolute atomic E-state index is 0.0174. The minimum atomic E-state index is -0.770. The van der Waals surface area contributed by atoms with Gasteiger partial charge < -0.3 is 26.8 Å². The number of nitrogens with zero attached hydrogens (tertiary/aromatic N) is 1. The van der Waals surface area contributed by atoms with Gasteiger partial charge in [-0.1, -0.05) is 0 Å². The van der Waals surface area contributed by atoms with E-state index in [2.05, 4.69) is 0 Å². The molecule has 0 aromatic heterocycles. The van der Waals surface area contributed by atoms with Gasteiger partial charge in [0, 0.05) is 45.1 Å². The molecule has 0 saturated carbocycles. The molecule has 0 bridgehead atoms. The van der Waals surface area contributed by atoms with Crippen LogP contribution in [0.25, 0.3) is 0 Å². The predicted molar refractivity (Wildman–Crippen MR) is 77.8 cm³/mol. The van der Waals surface area contributed by atoms with Crippen LogP contribution in [0.3, 0.4) is 0 Å². The molecule has 1 rings (SSSR count). The van der Waals surface area contributed by atoms with Crippen LogP contribution in [0.5, 0.6) is 0 Å². The van der Waals surface area contributed by atoms with Crippen LogP contribution in [0, 0.1) is 5.41 Å². The van der Waals surface area contributed by atoms with Crippen molar-refractivity contribution < 1.29 is 14.3 Å². The van der Waals surface area contributed by atoms with Gasteiger partial charge in [0.25, 0.3) is 5.91 Å². The summed E-state index contributed by atoms with van der Waals surface area (Å²) in [6.45, 7) is 2.72. The van der Waals surface area contributed by atoms with Crippen molar-refractivity contribution in [3.05, 3.63) is 23.5 Å². The summed E-state index contributed by atoms with van der Waals surface area (Å²) < 4.78 is 5.43. The topological polar surface area (TPSA) is 149 Å². The number of nitrogens with one attached hydrogen (secondary N) is 1. The molecule has 0 unspecified atom stereocenters. The van der Waals surface area contributed by atoms with E-state index in [0.29, 0.717) is 25.9 Å². The Morgan fingerprint density at radius 3 is 2.29 bits per heavy atom. The molecule has 1 saturated heterocycles. The van der Waals surface area contributed by atoms with Crippen molar-refractivity contribution in [1.82, 2.24) is 4.90 Å². The molecule has 0 atom stereocenters. The molecule has 0 aromatic rings. The number of carbonyl (C=O) groups excluding carboxylic acids is 2. The van der Waals surface area contributed by atoms with E-state index < -0.39 is 5.91 Å². The molecule has 7 N–H and O–H groups in total. The zero-order chi connectivity index (χ0) is 16.0. The van der Waals surface area contributed by atoms with E-state index in [1.54, 1.807) is 4.90 Å². The van der Waals surface area contributed by atoms with Crippen molar-refractivity contribution in [2.45, 2.75) is 25.9 Å². The Kier molecular flexibility index (Phi) is 5.77. The number of likely N-dealkylation sites (tertiary alicyclic amines) is 1. The number of amides is 2. The van der Waals surface area contributed by atoms with Gasteiger partial charge in [-0.15, -0.1) is 0 Å². The molecule has 8 heteroatoms. The Morgan fingerprint density at radius 1 is 1.29 bits per heavy atom. The molecule has 1 fully saturated rings. The minimum Gasteiger partial charge on any atom is -0.475 e. The maximum atomic E-state index is 11.2. The fraction of sp³-hybridized carbons (Fsp3) is 0.462. The summed E-state index contributed by atoms with van der Waals surface area (Å²) in [5.41, 5.74) is 15.9. The van der Waals surface area contributed by atoms with Crippen molar-refractivity contribution in [2.75, 3.05) is 13.1 Å². The summed E-state index contributed by atoms with van der Waals surface area (Å²) >= 11 is 0. The lowest BCUT2D eigenvalue weighted by Crippen LogP contribution is -2.40. The smallest absolute Gasteiger partial charge is 0.252 e. The van der Waals surface area contributed by atoms with Crippen molar-refractivity contribution in [3.8, 4) is 0 Å². The molecule has 0 spiro atoms. The van der Waals surface area contributed by atoms with Gasteiger partial charge in [-0.2, -0.15) is 0 Å². The molecule has 0 aromatic carbocycles. The first kappa shape index (κ1) is 16.5. The molecule has 21 heavy (non-hydrogen) atoms. The van der Waals surface area contributed by atoms with Gasteiger partial charge in [0.1, 0.15) is 6.10 Å². The van der Waals surface area contributed by atoms with Gasteiger partial charge >= 0.3 is 0 Å². The van der Waals surface area contributed by atoms with Gasteiger partial charge in [0.15, 0.2) is 0 Å². The highest BCUT2D eigenvalue weighted by Gasteiger charge is 2.22. The SMILES string of the molecule is CC(=O)N1CCC(OC(=N)/C=C(N)/C(=C/N)C(N)=O)CC1. The Labute approximate surface area is 123 Å². The van der Waals surface area contributed by atoms with Crippen LogP contribution in [0.2, 0.25) is 0 Å². The molecule has 1 heterocycles. The average molecular weight is 295 g/mol. The molecule has 1 aliphatic rings. The molecule has 2 amide bonds. The van der Waals surface area contributed by atoms with Crippen LogP contribution >= 0.6 is 0 Å². The van der Waals surface area contributed by atoms with Crippen molar-refractivity contribution in [3.63, 3.8) is 0 Å². The van der Waals surface area contributed by atoms with Crippen molar-refractivity contribution in [1.29, 1.82) is 5.41 Å². The normalized spacial score (nSPS) is 17.5. The first-order valence-corrected chi connectivity index (χ1v) is 6.55. The number of hydrogen-bond donors (Lipinski definition) is 4. The third kappa shape index (κ3) is 4.83. The zero-order valence-corrected chi connectivity index (χ0v) is 12.0. The molecule has 0 aliphatic carbocycles. The first-order valence-electron chi connectivity index (χ1n) is 6.55. The Morgan fingerprint density at radius 2 is 1.86 bits per heavy atom. The Bertz CT molecular complexity index is 490. The van der Waals surface area contributed by atoms with E-state index in [1.165, 1.54) is 13.0 Å². The molecular formula is C13H21N5O3. The van der Waals surface area contributed by atoms with Gasteiger partial charge in [0.05, 0.1) is 11.3 Å². The van der Waals surface area contributed by atoms with E-state index >= 15 is 0 Å². The lowest BCUT2D eigenvalue weighted by molar-refractivity contribution is -0.130. The molecule has 0 radical (unpaired) electrons. The summed E-state index contributed by atoms with van der Waals surface area (Å²) in [4.78, 5) is 24.0. The molecular weight excluding hydrogens is 274 g/mol. The maximum Gasteiger partial charge on any atom is 0.252 e. The quantitative estimate of drug-likeness (QED) is 0.231. The zero-order valence-electron chi connectivity index (χ0n) is 12.0. The first-order chi connectivity index (χ1) is 9.85. The van der Waals surface area contributed by atoms with Gasteiger partial charge in [0.2, 0.25) is 11.8 Å². The van der Waals surface area contributed by atoms with E-state index in [1.807, 2.05) is 0 Å². The Balaban J connectivity index is 2.55. The van der Waals surface area contributed by atoms with Crippen LogP contribution in [-0.2, 0) is 14.3 Å². The summed E-state index contributed by atoms with van der Waals surface area (Å²) in [7, 11) is 0.